The van der Waals surface area contributed by atoms with Gasteiger partial charge in [0.2, 0.25) is 0 Å². The number of pyridine rings is 1. The fourth-order valence-electron chi connectivity index (χ4n) is 3.75. The molecule has 0 saturated carbocycles. The van der Waals surface area contributed by atoms with Gasteiger partial charge in [-0.05, 0) is 38.1 Å². The van der Waals surface area contributed by atoms with E-state index in [-0.39, 0.29) is 6.03 Å². The average molecular weight is 390 g/mol. The molecule has 1 aliphatic heterocycles. The SMILES string of the molecule is Cc1nn(-c2ccccc2)c(C)c1CNC(=O)N1CCN(c2ccncc2)CC1. The predicted molar refractivity (Wildman–Crippen MR) is 113 cm³/mol. The van der Waals surface area contributed by atoms with E-state index in [0.29, 0.717) is 19.6 Å². The molecule has 1 aliphatic rings. The molecule has 1 N–H and O–H groups in total. The molecular weight excluding hydrogens is 364 g/mol. The van der Waals surface area contributed by atoms with E-state index in [1.807, 2.05) is 65.9 Å². The van der Waals surface area contributed by atoms with Gasteiger partial charge in [-0.15, -0.1) is 0 Å². The van der Waals surface area contributed by atoms with Crippen LogP contribution in [0.4, 0.5) is 10.5 Å². The number of rotatable bonds is 4. The molecule has 0 spiro atoms. The fraction of sp³-hybridized carbons (Fsp3) is 0.318. The molecule has 7 nitrogen and oxygen atoms in total. The maximum absolute atomic E-state index is 12.7. The Bertz CT molecular complexity index is 962. The first kappa shape index (κ1) is 19.0. The number of piperazine rings is 1. The molecule has 0 aliphatic carbocycles. The second kappa shape index (κ2) is 8.34. The highest BCUT2D eigenvalue weighted by Gasteiger charge is 2.22. The Labute approximate surface area is 171 Å². The molecule has 1 fully saturated rings. The molecule has 29 heavy (non-hydrogen) atoms. The highest BCUT2D eigenvalue weighted by molar-refractivity contribution is 5.74. The van der Waals surface area contributed by atoms with Gasteiger partial charge in [-0.25, -0.2) is 9.48 Å². The number of urea groups is 1. The van der Waals surface area contributed by atoms with Crippen molar-refractivity contribution in [1.82, 2.24) is 25.0 Å². The van der Waals surface area contributed by atoms with Crippen LogP contribution in [0.2, 0.25) is 0 Å². The number of carbonyl (C=O) groups excluding carboxylic acids is 1. The molecule has 3 aromatic rings. The number of para-hydroxylation sites is 1. The first-order valence-electron chi connectivity index (χ1n) is 9.92. The third-order valence-electron chi connectivity index (χ3n) is 5.45. The van der Waals surface area contributed by atoms with Crippen molar-refractivity contribution in [1.29, 1.82) is 0 Å². The summed E-state index contributed by atoms with van der Waals surface area (Å²) in [7, 11) is 0. The molecule has 2 aromatic heterocycles. The zero-order valence-electron chi connectivity index (χ0n) is 16.9. The zero-order chi connectivity index (χ0) is 20.2. The lowest BCUT2D eigenvalue weighted by atomic mass is 10.2. The summed E-state index contributed by atoms with van der Waals surface area (Å²) in [6.45, 7) is 7.56. The lowest BCUT2D eigenvalue weighted by Crippen LogP contribution is -2.51. The predicted octanol–water partition coefficient (Wildman–Crippen LogP) is 2.92. The van der Waals surface area contributed by atoms with Gasteiger partial charge < -0.3 is 15.1 Å². The Kier molecular flexibility index (Phi) is 5.46. The average Bonchev–Trinajstić information content (AvgIpc) is 3.07. The number of hydrogen-bond donors (Lipinski definition) is 1. The van der Waals surface area contributed by atoms with Crippen LogP contribution in [0.1, 0.15) is 17.0 Å². The lowest BCUT2D eigenvalue weighted by Gasteiger charge is -2.36. The van der Waals surface area contributed by atoms with Crippen LogP contribution in [0, 0.1) is 13.8 Å². The quantitative estimate of drug-likeness (QED) is 0.744. The number of carbonyl (C=O) groups is 1. The van der Waals surface area contributed by atoms with Crippen molar-refractivity contribution in [2.45, 2.75) is 20.4 Å². The van der Waals surface area contributed by atoms with E-state index in [4.69, 9.17) is 0 Å². The second-order valence-electron chi connectivity index (χ2n) is 7.23. The van der Waals surface area contributed by atoms with E-state index >= 15 is 0 Å². The summed E-state index contributed by atoms with van der Waals surface area (Å²) in [5.41, 5.74) is 5.24. The second-order valence-corrected chi connectivity index (χ2v) is 7.23. The van der Waals surface area contributed by atoms with Crippen LogP contribution in [0.3, 0.4) is 0 Å². The van der Waals surface area contributed by atoms with Gasteiger partial charge in [0.15, 0.2) is 0 Å². The minimum Gasteiger partial charge on any atom is -0.368 e. The molecule has 0 unspecified atom stereocenters. The van der Waals surface area contributed by atoms with Crippen LogP contribution in [0.5, 0.6) is 0 Å². The van der Waals surface area contributed by atoms with Gasteiger partial charge in [-0.3, -0.25) is 4.98 Å². The van der Waals surface area contributed by atoms with Crippen molar-refractivity contribution >= 4 is 11.7 Å². The normalized spacial score (nSPS) is 14.1. The maximum atomic E-state index is 12.7. The monoisotopic (exact) mass is 390 g/mol. The molecule has 1 saturated heterocycles. The Morgan fingerprint density at radius 2 is 1.66 bits per heavy atom. The van der Waals surface area contributed by atoms with E-state index in [1.165, 1.54) is 0 Å². The molecule has 150 valence electrons. The molecule has 2 amide bonds. The summed E-state index contributed by atoms with van der Waals surface area (Å²) >= 11 is 0. The summed E-state index contributed by atoms with van der Waals surface area (Å²) < 4.78 is 1.93. The van der Waals surface area contributed by atoms with E-state index in [0.717, 1.165) is 41.4 Å². The molecular formula is C22H26N6O. The Hall–Kier alpha value is -3.35. The van der Waals surface area contributed by atoms with Gasteiger partial charge in [-0.2, -0.15) is 5.10 Å². The largest absolute Gasteiger partial charge is 0.368 e. The van der Waals surface area contributed by atoms with Gasteiger partial charge in [0.05, 0.1) is 11.4 Å². The van der Waals surface area contributed by atoms with Crippen LogP contribution in [-0.2, 0) is 6.54 Å². The first-order chi connectivity index (χ1) is 14.1. The molecule has 0 bridgehead atoms. The van der Waals surface area contributed by atoms with Crippen LogP contribution in [-0.4, -0.2) is 51.9 Å². The minimum absolute atomic E-state index is 0.0226. The van der Waals surface area contributed by atoms with E-state index in [9.17, 15) is 4.79 Å². The Balaban J connectivity index is 1.35. The standard InChI is InChI=1S/C22H26N6O/c1-17-21(18(2)28(25-17)20-6-4-3-5-7-20)16-24-22(29)27-14-12-26(13-15-27)19-8-10-23-11-9-19/h3-11H,12-16H2,1-2H3,(H,24,29). The Morgan fingerprint density at radius 1 is 0.966 bits per heavy atom. The summed E-state index contributed by atoms with van der Waals surface area (Å²) in [5, 5.41) is 7.73. The van der Waals surface area contributed by atoms with Gasteiger partial charge in [0, 0.05) is 62.1 Å². The van der Waals surface area contributed by atoms with Gasteiger partial charge in [-0.1, -0.05) is 18.2 Å². The topological polar surface area (TPSA) is 66.3 Å². The van der Waals surface area contributed by atoms with Crippen LogP contribution in [0.25, 0.3) is 5.69 Å². The number of benzene rings is 1. The number of aryl methyl sites for hydroxylation is 1. The summed E-state index contributed by atoms with van der Waals surface area (Å²) in [6, 6.07) is 14.0. The maximum Gasteiger partial charge on any atom is 0.317 e. The number of hydrogen-bond acceptors (Lipinski definition) is 4. The van der Waals surface area contributed by atoms with Crippen molar-refractivity contribution in [2.75, 3.05) is 31.1 Å². The van der Waals surface area contributed by atoms with Gasteiger partial charge in [0.25, 0.3) is 0 Å². The number of nitrogens with zero attached hydrogens (tertiary/aromatic N) is 5. The third kappa shape index (κ3) is 4.08. The summed E-state index contributed by atoms with van der Waals surface area (Å²) in [5.74, 6) is 0. The first-order valence-corrected chi connectivity index (χ1v) is 9.92. The van der Waals surface area contributed by atoms with Crippen LogP contribution >= 0.6 is 0 Å². The summed E-state index contributed by atoms with van der Waals surface area (Å²) in [6.07, 6.45) is 3.60. The highest BCUT2D eigenvalue weighted by atomic mass is 16.2. The zero-order valence-corrected chi connectivity index (χ0v) is 16.9. The van der Waals surface area contributed by atoms with Crippen molar-refractivity contribution in [3.05, 3.63) is 71.8 Å². The molecule has 7 heteroatoms. The fourth-order valence-corrected chi connectivity index (χ4v) is 3.75. The van der Waals surface area contributed by atoms with Crippen LogP contribution < -0.4 is 10.2 Å². The number of aromatic nitrogens is 3. The van der Waals surface area contributed by atoms with Gasteiger partial charge >= 0.3 is 6.03 Å². The van der Waals surface area contributed by atoms with Crippen molar-refractivity contribution in [2.24, 2.45) is 0 Å². The van der Waals surface area contributed by atoms with Crippen molar-refractivity contribution in [3.8, 4) is 5.69 Å². The van der Waals surface area contributed by atoms with E-state index in [1.54, 1.807) is 12.4 Å². The van der Waals surface area contributed by atoms with Crippen molar-refractivity contribution < 1.29 is 4.79 Å². The summed E-state index contributed by atoms with van der Waals surface area (Å²) in [4.78, 5) is 20.9. The molecule has 0 atom stereocenters. The lowest BCUT2D eigenvalue weighted by molar-refractivity contribution is 0.194. The van der Waals surface area contributed by atoms with E-state index in [2.05, 4.69) is 20.3 Å². The smallest absolute Gasteiger partial charge is 0.317 e. The number of anilines is 1. The highest BCUT2D eigenvalue weighted by Crippen LogP contribution is 2.18. The Morgan fingerprint density at radius 3 is 2.34 bits per heavy atom. The van der Waals surface area contributed by atoms with E-state index < -0.39 is 0 Å². The molecule has 1 aromatic carbocycles. The molecule has 4 rings (SSSR count). The molecule has 0 radical (unpaired) electrons. The number of nitrogens with one attached hydrogen (secondary N) is 1. The minimum atomic E-state index is -0.0226. The van der Waals surface area contributed by atoms with Gasteiger partial charge in [0.1, 0.15) is 0 Å². The third-order valence-corrected chi connectivity index (χ3v) is 5.45. The molecule has 3 heterocycles. The number of amides is 2. The van der Waals surface area contributed by atoms with Crippen LogP contribution in [0.15, 0.2) is 54.9 Å². The van der Waals surface area contributed by atoms with Crippen molar-refractivity contribution in [3.63, 3.8) is 0 Å².